The number of aromatic carboxylic acids is 1. The van der Waals surface area contributed by atoms with Crippen LogP contribution in [0.4, 0.5) is 5.69 Å². The standard InChI is InChI=1S/C10H11NO2/c1-6-4-7-2-3-8(10(12)13)5-9(7)11-6/h2-3,5-6,11H,4H2,1H3,(H,12,13). The summed E-state index contributed by atoms with van der Waals surface area (Å²) >= 11 is 0. The summed E-state index contributed by atoms with van der Waals surface area (Å²) in [6.07, 6.45) is 0.981. The highest BCUT2D eigenvalue weighted by Gasteiger charge is 2.17. The molecule has 0 amide bonds. The third kappa shape index (κ3) is 1.37. The Morgan fingerprint density at radius 2 is 2.38 bits per heavy atom. The minimum absolute atomic E-state index is 0.348. The van der Waals surface area contributed by atoms with E-state index in [9.17, 15) is 4.79 Å². The van der Waals surface area contributed by atoms with Crippen LogP contribution in [-0.4, -0.2) is 17.1 Å². The minimum atomic E-state index is -0.871. The first-order valence-corrected chi connectivity index (χ1v) is 4.29. The van der Waals surface area contributed by atoms with Crippen LogP contribution >= 0.6 is 0 Å². The normalized spacial score (nSPS) is 19.3. The van der Waals surface area contributed by atoms with Gasteiger partial charge < -0.3 is 10.4 Å². The lowest BCUT2D eigenvalue weighted by Crippen LogP contribution is -2.08. The lowest BCUT2D eigenvalue weighted by atomic mass is 10.1. The molecular formula is C10H11NO2. The van der Waals surface area contributed by atoms with E-state index in [4.69, 9.17) is 5.11 Å². The fourth-order valence-electron chi connectivity index (χ4n) is 1.67. The average Bonchev–Trinajstić information content (AvgIpc) is 2.42. The maximum absolute atomic E-state index is 10.7. The molecule has 0 bridgehead atoms. The number of carboxylic acid groups (broad SMARTS) is 1. The molecule has 13 heavy (non-hydrogen) atoms. The van der Waals surface area contributed by atoms with E-state index in [1.165, 1.54) is 5.56 Å². The van der Waals surface area contributed by atoms with Crippen LogP contribution in [0.2, 0.25) is 0 Å². The fourth-order valence-corrected chi connectivity index (χ4v) is 1.67. The van der Waals surface area contributed by atoms with Crippen LogP contribution in [0.1, 0.15) is 22.8 Å². The number of hydrogen-bond donors (Lipinski definition) is 2. The largest absolute Gasteiger partial charge is 0.478 e. The van der Waals surface area contributed by atoms with Gasteiger partial charge in [0, 0.05) is 11.7 Å². The maximum Gasteiger partial charge on any atom is 0.335 e. The molecule has 1 aliphatic rings. The number of nitrogens with one attached hydrogen (secondary N) is 1. The van der Waals surface area contributed by atoms with Crippen LogP contribution in [0.15, 0.2) is 18.2 Å². The van der Waals surface area contributed by atoms with Crippen molar-refractivity contribution in [2.45, 2.75) is 19.4 Å². The summed E-state index contributed by atoms with van der Waals surface area (Å²) in [6, 6.07) is 5.65. The zero-order chi connectivity index (χ0) is 9.42. The van der Waals surface area contributed by atoms with Crippen LogP contribution in [0.5, 0.6) is 0 Å². The molecule has 3 nitrogen and oxygen atoms in total. The van der Waals surface area contributed by atoms with E-state index in [-0.39, 0.29) is 0 Å². The molecule has 2 rings (SSSR count). The second kappa shape index (κ2) is 2.76. The van der Waals surface area contributed by atoms with Gasteiger partial charge in [0.05, 0.1) is 5.56 Å². The van der Waals surface area contributed by atoms with Crippen LogP contribution in [-0.2, 0) is 6.42 Å². The SMILES string of the molecule is CC1Cc2ccc(C(=O)O)cc2N1. The first-order valence-electron chi connectivity index (χ1n) is 4.29. The van der Waals surface area contributed by atoms with E-state index >= 15 is 0 Å². The van der Waals surface area contributed by atoms with Crippen molar-refractivity contribution < 1.29 is 9.90 Å². The van der Waals surface area contributed by atoms with E-state index < -0.39 is 5.97 Å². The highest BCUT2D eigenvalue weighted by molar-refractivity contribution is 5.89. The summed E-state index contributed by atoms with van der Waals surface area (Å²) < 4.78 is 0. The van der Waals surface area contributed by atoms with Gasteiger partial charge in [-0.25, -0.2) is 4.79 Å². The fraction of sp³-hybridized carbons (Fsp3) is 0.300. The average molecular weight is 177 g/mol. The van der Waals surface area contributed by atoms with Gasteiger partial charge in [-0.1, -0.05) is 6.07 Å². The molecule has 0 saturated heterocycles. The van der Waals surface area contributed by atoms with Crippen molar-refractivity contribution in [1.82, 2.24) is 0 Å². The van der Waals surface area contributed by atoms with Crippen molar-refractivity contribution >= 4 is 11.7 Å². The molecule has 1 aromatic carbocycles. The van der Waals surface area contributed by atoms with Gasteiger partial charge in [0.15, 0.2) is 0 Å². The van der Waals surface area contributed by atoms with Crippen molar-refractivity contribution in [3.8, 4) is 0 Å². The minimum Gasteiger partial charge on any atom is -0.478 e. The Hall–Kier alpha value is -1.51. The van der Waals surface area contributed by atoms with Gasteiger partial charge in [-0.15, -0.1) is 0 Å². The van der Waals surface area contributed by atoms with Gasteiger partial charge in [-0.2, -0.15) is 0 Å². The van der Waals surface area contributed by atoms with Gasteiger partial charge in [0.2, 0.25) is 0 Å². The Bertz CT molecular complexity index is 360. The van der Waals surface area contributed by atoms with Crippen LogP contribution in [0.3, 0.4) is 0 Å². The third-order valence-electron chi connectivity index (χ3n) is 2.28. The summed E-state index contributed by atoms with van der Waals surface area (Å²) in [5.74, 6) is -0.871. The Balaban J connectivity index is 2.40. The van der Waals surface area contributed by atoms with Gasteiger partial charge >= 0.3 is 5.97 Å². The van der Waals surface area contributed by atoms with Gasteiger partial charge in [0.1, 0.15) is 0 Å². The number of benzene rings is 1. The number of hydrogen-bond acceptors (Lipinski definition) is 2. The summed E-state index contributed by atoms with van der Waals surface area (Å²) in [6.45, 7) is 2.08. The van der Waals surface area contributed by atoms with Crippen LogP contribution in [0, 0.1) is 0 Å². The quantitative estimate of drug-likeness (QED) is 0.687. The van der Waals surface area contributed by atoms with E-state index in [0.717, 1.165) is 12.1 Å². The lowest BCUT2D eigenvalue weighted by molar-refractivity contribution is 0.0697. The molecule has 0 saturated carbocycles. The van der Waals surface area contributed by atoms with Crippen molar-refractivity contribution in [2.24, 2.45) is 0 Å². The highest BCUT2D eigenvalue weighted by Crippen LogP contribution is 2.26. The zero-order valence-electron chi connectivity index (χ0n) is 7.37. The molecule has 0 radical (unpaired) electrons. The summed E-state index contributed by atoms with van der Waals surface area (Å²) in [4.78, 5) is 10.7. The van der Waals surface area contributed by atoms with Crippen LogP contribution in [0.25, 0.3) is 0 Å². The predicted molar refractivity (Wildman–Crippen MR) is 50.2 cm³/mol. The van der Waals surface area contributed by atoms with Crippen molar-refractivity contribution in [3.05, 3.63) is 29.3 Å². The first kappa shape index (κ1) is 8.10. The van der Waals surface area contributed by atoms with E-state index in [1.807, 2.05) is 6.07 Å². The zero-order valence-corrected chi connectivity index (χ0v) is 7.37. The number of fused-ring (bicyclic) bond motifs is 1. The highest BCUT2D eigenvalue weighted by atomic mass is 16.4. The van der Waals surface area contributed by atoms with Gasteiger partial charge in [0.25, 0.3) is 0 Å². The maximum atomic E-state index is 10.7. The second-order valence-electron chi connectivity index (χ2n) is 3.43. The molecule has 1 heterocycles. The smallest absolute Gasteiger partial charge is 0.335 e. The number of carboxylic acids is 1. The molecule has 0 spiro atoms. The predicted octanol–water partition coefficient (Wildman–Crippen LogP) is 1.74. The van der Waals surface area contributed by atoms with Crippen molar-refractivity contribution in [2.75, 3.05) is 5.32 Å². The van der Waals surface area contributed by atoms with Crippen LogP contribution < -0.4 is 5.32 Å². The van der Waals surface area contributed by atoms with E-state index in [1.54, 1.807) is 12.1 Å². The molecule has 0 fully saturated rings. The topological polar surface area (TPSA) is 49.3 Å². The molecule has 1 atom stereocenters. The third-order valence-corrected chi connectivity index (χ3v) is 2.28. The monoisotopic (exact) mass is 177 g/mol. The molecule has 2 N–H and O–H groups in total. The lowest BCUT2D eigenvalue weighted by Gasteiger charge is -2.02. The van der Waals surface area contributed by atoms with Crippen molar-refractivity contribution in [1.29, 1.82) is 0 Å². The number of carbonyl (C=O) groups is 1. The molecule has 3 heteroatoms. The second-order valence-corrected chi connectivity index (χ2v) is 3.43. The first-order chi connectivity index (χ1) is 6.16. The number of anilines is 1. The van der Waals surface area contributed by atoms with E-state index in [2.05, 4.69) is 12.2 Å². The Labute approximate surface area is 76.4 Å². The Morgan fingerprint density at radius 3 is 3.08 bits per heavy atom. The Kier molecular flexibility index (Phi) is 1.72. The molecular weight excluding hydrogens is 166 g/mol. The van der Waals surface area contributed by atoms with Gasteiger partial charge in [-0.05, 0) is 31.0 Å². The summed E-state index contributed by atoms with van der Waals surface area (Å²) in [7, 11) is 0. The molecule has 1 aromatic rings. The Morgan fingerprint density at radius 1 is 1.62 bits per heavy atom. The number of rotatable bonds is 1. The molecule has 0 aliphatic carbocycles. The summed E-state index contributed by atoms with van der Waals surface area (Å²) in [5, 5.41) is 12.0. The van der Waals surface area contributed by atoms with E-state index in [0.29, 0.717) is 11.6 Å². The molecule has 1 aliphatic heterocycles. The molecule has 68 valence electrons. The molecule has 0 aromatic heterocycles. The van der Waals surface area contributed by atoms with Gasteiger partial charge in [-0.3, -0.25) is 0 Å². The summed E-state index contributed by atoms with van der Waals surface area (Å²) in [5.41, 5.74) is 2.52. The van der Waals surface area contributed by atoms with Crippen molar-refractivity contribution in [3.63, 3.8) is 0 Å². The molecule has 1 unspecified atom stereocenters.